The molecule has 170 valence electrons. The van der Waals surface area contributed by atoms with Crippen LogP contribution in [0.25, 0.3) is 10.9 Å². The Labute approximate surface area is 203 Å². The second kappa shape index (κ2) is 7.78. The molecule has 3 N–H and O–H groups in total. The number of halogens is 1. The molecule has 34 heavy (non-hydrogen) atoms. The van der Waals surface area contributed by atoms with Gasteiger partial charge < -0.3 is 10.3 Å². The van der Waals surface area contributed by atoms with Crippen LogP contribution in [-0.4, -0.2) is 27.9 Å². The van der Waals surface area contributed by atoms with E-state index < -0.39 is 23.5 Å². The highest BCUT2D eigenvalue weighted by Gasteiger charge is 2.66. The van der Waals surface area contributed by atoms with Crippen molar-refractivity contribution >= 4 is 38.4 Å². The standard InChI is InChI=1S/C26H21BrN4O3/c27-17-11-9-15(10-12-17)23-24(31(33)34)22(13-16-14-28-20-7-3-1-5-18(16)20)30-26(23)19-6-2-4-8-21(19)29-25(26)32/h1-12,14,22-24,28,30H,13H2,(H,29,32)/t22-,23+,24-,26+/m1/s1. The number of para-hydroxylation sites is 2. The maximum Gasteiger partial charge on any atom is 0.250 e. The minimum atomic E-state index is -1.24. The molecule has 1 saturated heterocycles. The van der Waals surface area contributed by atoms with Crippen molar-refractivity contribution < 1.29 is 9.72 Å². The summed E-state index contributed by atoms with van der Waals surface area (Å²) < 4.78 is 0.875. The summed E-state index contributed by atoms with van der Waals surface area (Å²) in [5, 5.41) is 20.1. The lowest BCUT2D eigenvalue weighted by Gasteiger charge is -2.29. The molecule has 7 nitrogen and oxygen atoms in total. The maximum atomic E-state index is 13.6. The molecular formula is C26H21BrN4O3. The maximum absolute atomic E-state index is 13.6. The Morgan fingerprint density at radius 3 is 2.53 bits per heavy atom. The van der Waals surface area contributed by atoms with Crippen LogP contribution in [-0.2, 0) is 16.8 Å². The predicted octanol–water partition coefficient (Wildman–Crippen LogP) is 4.72. The number of carbonyl (C=O) groups is 1. The fourth-order valence-electron chi connectivity index (χ4n) is 5.78. The van der Waals surface area contributed by atoms with Crippen LogP contribution in [0.15, 0.2) is 83.5 Å². The van der Waals surface area contributed by atoms with Gasteiger partial charge in [0.15, 0.2) is 0 Å². The molecule has 0 aliphatic carbocycles. The second-order valence-electron chi connectivity index (χ2n) is 8.93. The zero-order chi connectivity index (χ0) is 23.4. The van der Waals surface area contributed by atoms with Crippen LogP contribution in [0.2, 0.25) is 0 Å². The number of nitro groups is 1. The van der Waals surface area contributed by atoms with Crippen LogP contribution in [0.5, 0.6) is 0 Å². The number of anilines is 1. The highest BCUT2D eigenvalue weighted by Crippen LogP contribution is 2.52. The van der Waals surface area contributed by atoms with Gasteiger partial charge in [-0.2, -0.15) is 0 Å². The smallest absolute Gasteiger partial charge is 0.250 e. The van der Waals surface area contributed by atoms with Gasteiger partial charge in [-0.1, -0.05) is 64.5 Å². The second-order valence-corrected chi connectivity index (χ2v) is 9.84. The third kappa shape index (κ3) is 3.02. The summed E-state index contributed by atoms with van der Waals surface area (Å²) in [5.41, 5.74) is 2.93. The number of nitrogens with zero attached hydrogens (tertiary/aromatic N) is 1. The number of aromatic nitrogens is 1. The number of rotatable bonds is 4. The van der Waals surface area contributed by atoms with Gasteiger partial charge in [0.05, 0.1) is 12.0 Å². The number of carbonyl (C=O) groups excluding carboxylic acids is 1. The van der Waals surface area contributed by atoms with Gasteiger partial charge in [-0.3, -0.25) is 20.2 Å². The Hall–Kier alpha value is -3.49. The summed E-state index contributed by atoms with van der Waals surface area (Å²) in [6.45, 7) is 0. The highest BCUT2D eigenvalue weighted by atomic mass is 79.9. The van der Waals surface area contributed by atoms with Crippen molar-refractivity contribution in [3.8, 4) is 0 Å². The number of nitrogens with one attached hydrogen (secondary N) is 3. The Bertz CT molecular complexity index is 1430. The fourth-order valence-corrected chi connectivity index (χ4v) is 6.05. The Morgan fingerprint density at radius 1 is 1.00 bits per heavy atom. The number of amides is 1. The van der Waals surface area contributed by atoms with Gasteiger partial charge in [0, 0.05) is 37.7 Å². The summed E-state index contributed by atoms with van der Waals surface area (Å²) in [6.07, 6.45) is 2.32. The summed E-state index contributed by atoms with van der Waals surface area (Å²) in [7, 11) is 0. The summed E-state index contributed by atoms with van der Waals surface area (Å²) in [4.78, 5) is 29.3. The number of benzene rings is 3. The molecule has 0 saturated carbocycles. The fraction of sp³-hybridized carbons (Fsp3) is 0.192. The lowest BCUT2D eigenvalue weighted by atomic mass is 9.74. The van der Waals surface area contributed by atoms with Gasteiger partial charge >= 0.3 is 0 Å². The molecule has 6 rings (SSSR count). The predicted molar refractivity (Wildman–Crippen MR) is 133 cm³/mol. The molecule has 4 atom stereocenters. The van der Waals surface area contributed by atoms with Crippen molar-refractivity contribution in [1.82, 2.24) is 10.3 Å². The van der Waals surface area contributed by atoms with E-state index in [0.717, 1.165) is 32.1 Å². The number of H-pyrrole nitrogens is 1. The van der Waals surface area contributed by atoms with Gasteiger partial charge in [0.1, 0.15) is 5.54 Å². The van der Waals surface area contributed by atoms with Gasteiger partial charge in [0.25, 0.3) is 0 Å². The zero-order valence-electron chi connectivity index (χ0n) is 18.0. The molecule has 0 bridgehead atoms. The summed E-state index contributed by atoms with van der Waals surface area (Å²) in [6, 6.07) is 21.3. The lowest BCUT2D eigenvalue weighted by Crippen LogP contribution is -2.49. The van der Waals surface area contributed by atoms with Crippen molar-refractivity contribution in [2.75, 3.05) is 5.32 Å². The van der Waals surface area contributed by atoms with E-state index in [4.69, 9.17) is 0 Å². The third-order valence-corrected chi connectivity index (χ3v) is 7.71. The molecule has 2 aliphatic heterocycles. The molecule has 1 amide bonds. The normalized spacial score (nSPS) is 25.6. The first kappa shape index (κ1) is 21.1. The van der Waals surface area contributed by atoms with E-state index in [1.807, 2.05) is 79.0 Å². The lowest BCUT2D eigenvalue weighted by molar-refractivity contribution is -0.526. The Balaban J connectivity index is 1.53. The Kier molecular flexibility index (Phi) is 4.82. The van der Waals surface area contributed by atoms with E-state index in [0.29, 0.717) is 12.1 Å². The molecule has 4 aromatic rings. The molecule has 8 heteroatoms. The largest absolute Gasteiger partial charge is 0.361 e. The number of hydrogen-bond acceptors (Lipinski definition) is 4. The quantitative estimate of drug-likeness (QED) is 0.270. The average Bonchev–Trinajstić information content (AvgIpc) is 3.48. The van der Waals surface area contributed by atoms with Crippen LogP contribution in [0.3, 0.4) is 0 Å². The van der Waals surface area contributed by atoms with Crippen molar-refractivity contribution in [2.24, 2.45) is 0 Å². The van der Waals surface area contributed by atoms with Crippen molar-refractivity contribution in [3.63, 3.8) is 0 Å². The first-order valence-electron chi connectivity index (χ1n) is 11.1. The minimum Gasteiger partial charge on any atom is -0.361 e. The molecule has 2 aliphatic rings. The van der Waals surface area contributed by atoms with E-state index in [-0.39, 0.29) is 10.8 Å². The minimum absolute atomic E-state index is 0.220. The molecule has 1 spiro atoms. The summed E-state index contributed by atoms with van der Waals surface area (Å²) in [5.74, 6) is -0.940. The van der Waals surface area contributed by atoms with Gasteiger partial charge in [0.2, 0.25) is 11.9 Å². The third-order valence-electron chi connectivity index (χ3n) is 7.18. The highest BCUT2D eigenvalue weighted by molar-refractivity contribution is 9.10. The Morgan fingerprint density at radius 2 is 1.74 bits per heavy atom. The van der Waals surface area contributed by atoms with Crippen LogP contribution < -0.4 is 10.6 Å². The topological polar surface area (TPSA) is 100 Å². The molecular weight excluding hydrogens is 496 g/mol. The molecule has 1 aromatic heterocycles. The van der Waals surface area contributed by atoms with Crippen molar-refractivity contribution in [1.29, 1.82) is 0 Å². The molecule has 3 heterocycles. The average molecular weight is 517 g/mol. The SMILES string of the molecule is O=C1Nc2ccccc2[C@@]12N[C@H](Cc1c[nH]c3ccccc13)[C@@H]([N+](=O)[O-])[C@@H]2c1ccc(Br)cc1. The van der Waals surface area contributed by atoms with E-state index in [1.54, 1.807) is 0 Å². The van der Waals surface area contributed by atoms with E-state index in [2.05, 4.69) is 31.5 Å². The van der Waals surface area contributed by atoms with Gasteiger partial charge in [-0.05, 0) is 41.8 Å². The molecule has 3 aromatic carbocycles. The van der Waals surface area contributed by atoms with Gasteiger partial charge in [-0.15, -0.1) is 0 Å². The monoisotopic (exact) mass is 516 g/mol. The van der Waals surface area contributed by atoms with E-state index in [9.17, 15) is 14.9 Å². The van der Waals surface area contributed by atoms with E-state index in [1.165, 1.54) is 0 Å². The van der Waals surface area contributed by atoms with Crippen molar-refractivity contribution in [2.45, 2.75) is 30.0 Å². The van der Waals surface area contributed by atoms with Crippen LogP contribution in [0.4, 0.5) is 5.69 Å². The zero-order valence-corrected chi connectivity index (χ0v) is 19.6. The molecule has 0 unspecified atom stereocenters. The number of fused-ring (bicyclic) bond motifs is 3. The number of hydrogen-bond donors (Lipinski definition) is 3. The van der Waals surface area contributed by atoms with Crippen molar-refractivity contribution in [3.05, 3.63) is 110 Å². The first-order valence-corrected chi connectivity index (χ1v) is 11.9. The van der Waals surface area contributed by atoms with Crippen LogP contribution in [0, 0.1) is 10.1 Å². The van der Waals surface area contributed by atoms with Crippen LogP contribution in [0.1, 0.15) is 22.6 Å². The molecule has 1 fully saturated rings. The molecule has 0 radical (unpaired) electrons. The number of aromatic amines is 1. The summed E-state index contributed by atoms with van der Waals surface area (Å²) >= 11 is 3.45. The van der Waals surface area contributed by atoms with E-state index >= 15 is 0 Å². The first-order chi connectivity index (χ1) is 16.5. The van der Waals surface area contributed by atoms with Crippen LogP contribution >= 0.6 is 15.9 Å². The van der Waals surface area contributed by atoms with Gasteiger partial charge in [-0.25, -0.2) is 0 Å².